The van der Waals surface area contributed by atoms with Gasteiger partial charge in [-0.1, -0.05) is 29.8 Å². The Bertz CT molecular complexity index is 463. The van der Waals surface area contributed by atoms with Gasteiger partial charge in [0.2, 0.25) is 0 Å². The van der Waals surface area contributed by atoms with E-state index < -0.39 is 0 Å². The average Bonchev–Trinajstić information content (AvgIpc) is 2.27. The van der Waals surface area contributed by atoms with E-state index in [1.165, 1.54) is 0 Å². The number of benzene rings is 1. The number of hydrazine groups is 1. The topological polar surface area (TPSA) is 85.6 Å². The first-order chi connectivity index (χ1) is 7.24. The predicted octanol–water partition coefficient (Wildman–Crippen LogP) is 1.56. The standard InChI is InChI=1S/C10H7ClN4/c11-9-4-2-1-3-8(9)10(15-14)7(5-12)6-13/h1-4,15H,14H2. The van der Waals surface area contributed by atoms with Crippen LogP contribution < -0.4 is 11.3 Å². The Morgan fingerprint density at radius 3 is 2.33 bits per heavy atom. The molecule has 74 valence electrons. The zero-order valence-electron chi connectivity index (χ0n) is 7.66. The maximum atomic E-state index is 8.71. The lowest BCUT2D eigenvalue weighted by Crippen LogP contribution is -2.21. The van der Waals surface area contributed by atoms with Crippen molar-refractivity contribution in [1.29, 1.82) is 10.5 Å². The molecule has 0 heterocycles. The molecule has 0 fully saturated rings. The van der Waals surface area contributed by atoms with Gasteiger partial charge in [0.15, 0.2) is 5.57 Å². The molecule has 0 aliphatic rings. The summed E-state index contributed by atoms with van der Waals surface area (Å²) in [4.78, 5) is 0. The summed E-state index contributed by atoms with van der Waals surface area (Å²) in [6, 6.07) is 10.3. The maximum absolute atomic E-state index is 8.71. The van der Waals surface area contributed by atoms with E-state index in [0.29, 0.717) is 10.6 Å². The van der Waals surface area contributed by atoms with Crippen LogP contribution in [0.4, 0.5) is 0 Å². The Balaban J connectivity index is 3.40. The molecule has 0 saturated heterocycles. The molecule has 0 atom stereocenters. The Kier molecular flexibility index (Phi) is 3.70. The molecule has 5 heteroatoms. The van der Waals surface area contributed by atoms with Crippen molar-refractivity contribution in [3.05, 3.63) is 40.4 Å². The zero-order valence-corrected chi connectivity index (χ0v) is 8.42. The summed E-state index contributed by atoms with van der Waals surface area (Å²) in [5.41, 5.74) is 2.96. The fourth-order valence-corrected chi connectivity index (χ4v) is 1.32. The molecular weight excluding hydrogens is 212 g/mol. The second-order valence-corrected chi connectivity index (χ2v) is 3.00. The van der Waals surface area contributed by atoms with Crippen LogP contribution in [-0.4, -0.2) is 0 Å². The molecule has 0 amide bonds. The van der Waals surface area contributed by atoms with E-state index in [4.69, 9.17) is 28.0 Å². The highest BCUT2D eigenvalue weighted by atomic mass is 35.5. The number of allylic oxidation sites excluding steroid dienone is 1. The van der Waals surface area contributed by atoms with Gasteiger partial charge in [-0.3, -0.25) is 5.84 Å². The normalized spacial score (nSPS) is 8.53. The minimum absolute atomic E-state index is 0.106. The minimum atomic E-state index is -0.106. The predicted molar refractivity (Wildman–Crippen MR) is 56.9 cm³/mol. The van der Waals surface area contributed by atoms with Crippen molar-refractivity contribution in [2.24, 2.45) is 5.84 Å². The molecule has 0 aromatic heterocycles. The van der Waals surface area contributed by atoms with Crippen LogP contribution in [0.5, 0.6) is 0 Å². The van der Waals surface area contributed by atoms with Crippen LogP contribution in [0.1, 0.15) is 5.56 Å². The zero-order chi connectivity index (χ0) is 11.3. The number of nitrogens with zero attached hydrogens (tertiary/aromatic N) is 2. The lowest BCUT2D eigenvalue weighted by atomic mass is 10.1. The molecule has 0 bridgehead atoms. The van der Waals surface area contributed by atoms with Gasteiger partial charge in [0.25, 0.3) is 0 Å². The molecular formula is C10H7ClN4. The van der Waals surface area contributed by atoms with Crippen LogP contribution in [0.15, 0.2) is 29.8 Å². The number of nitrogens with two attached hydrogens (primary N) is 1. The fraction of sp³-hybridized carbons (Fsp3) is 0. The Labute approximate surface area is 92.1 Å². The van der Waals surface area contributed by atoms with Gasteiger partial charge in [-0.25, -0.2) is 0 Å². The second kappa shape index (κ2) is 5.02. The van der Waals surface area contributed by atoms with Crippen LogP contribution in [-0.2, 0) is 0 Å². The summed E-state index contributed by atoms with van der Waals surface area (Å²) < 4.78 is 0. The maximum Gasteiger partial charge on any atom is 0.154 e. The van der Waals surface area contributed by atoms with E-state index in [1.54, 1.807) is 36.4 Å². The smallest absolute Gasteiger partial charge is 0.154 e. The van der Waals surface area contributed by atoms with Gasteiger partial charge in [0.1, 0.15) is 12.1 Å². The number of nitrogens with one attached hydrogen (secondary N) is 1. The number of hydrogen-bond donors (Lipinski definition) is 2. The third-order valence-corrected chi connectivity index (χ3v) is 2.09. The van der Waals surface area contributed by atoms with Crippen LogP contribution >= 0.6 is 11.6 Å². The molecule has 1 rings (SSSR count). The molecule has 3 N–H and O–H groups in total. The fourth-order valence-electron chi connectivity index (χ4n) is 1.09. The Morgan fingerprint density at radius 1 is 1.27 bits per heavy atom. The van der Waals surface area contributed by atoms with Crippen LogP contribution in [0.25, 0.3) is 5.70 Å². The molecule has 1 aromatic rings. The number of hydrogen-bond acceptors (Lipinski definition) is 4. The Morgan fingerprint density at radius 2 is 1.87 bits per heavy atom. The van der Waals surface area contributed by atoms with Crippen LogP contribution in [0.2, 0.25) is 5.02 Å². The van der Waals surface area contributed by atoms with Crippen LogP contribution in [0, 0.1) is 22.7 Å². The van der Waals surface area contributed by atoms with Crippen molar-refractivity contribution < 1.29 is 0 Å². The van der Waals surface area contributed by atoms with Gasteiger partial charge in [0, 0.05) is 10.6 Å². The van der Waals surface area contributed by atoms with Gasteiger partial charge in [-0.2, -0.15) is 10.5 Å². The Hall–Kier alpha value is -2.01. The molecule has 4 nitrogen and oxygen atoms in total. The third-order valence-electron chi connectivity index (χ3n) is 1.76. The summed E-state index contributed by atoms with van der Waals surface area (Å²) >= 11 is 5.91. The van der Waals surface area contributed by atoms with E-state index in [2.05, 4.69) is 5.43 Å². The van der Waals surface area contributed by atoms with Crippen molar-refractivity contribution in [3.63, 3.8) is 0 Å². The molecule has 0 aliphatic carbocycles. The summed E-state index contributed by atoms with van der Waals surface area (Å²) in [5, 5.41) is 17.8. The van der Waals surface area contributed by atoms with Gasteiger partial charge in [-0.05, 0) is 6.07 Å². The largest absolute Gasteiger partial charge is 0.322 e. The first-order valence-electron chi connectivity index (χ1n) is 4.00. The SMILES string of the molecule is N#CC(C#N)=C(NN)c1ccccc1Cl. The molecule has 0 radical (unpaired) electrons. The summed E-state index contributed by atoms with van der Waals surface area (Å²) in [6.07, 6.45) is 0. The minimum Gasteiger partial charge on any atom is -0.322 e. The van der Waals surface area contributed by atoms with Crippen molar-refractivity contribution in [1.82, 2.24) is 5.43 Å². The second-order valence-electron chi connectivity index (χ2n) is 2.60. The van der Waals surface area contributed by atoms with Crippen LogP contribution in [0.3, 0.4) is 0 Å². The highest BCUT2D eigenvalue weighted by Gasteiger charge is 2.10. The van der Waals surface area contributed by atoms with Gasteiger partial charge < -0.3 is 5.43 Å². The van der Waals surface area contributed by atoms with Gasteiger partial charge in [-0.15, -0.1) is 0 Å². The lowest BCUT2D eigenvalue weighted by Gasteiger charge is -2.07. The van der Waals surface area contributed by atoms with E-state index >= 15 is 0 Å². The molecule has 0 saturated carbocycles. The van der Waals surface area contributed by atoms with Gasteiger partial charge in [0.05, 0.1) is 5.70 Å². The summed E-state index contributed by atoms with van der Waals surface area (Å²) in [7, 11) is 0. The first-order valence-corrected chi connectivity index (χ1v) is 4.38. The van der Waals surface area contributed by atoms with E-state index in [9.17, 15) is 0 Å². The summed E-state index contributed by atoms with van der Waals surface area (Å²) in [5.74, 6) is 5.26. The van der Waals surface area contributed by atoms with E-state index in [0.717, 1.165) is 0 Å². The van der Waals surface area contributed by atoms with Crippen molar-refractivity contribution >= 4 is 17.3 Å². The molecule has 0 spiro atoms. The lowest BCUT2D eigenvalue weighted by molar-refractivity contribution is 0.987. The van der Waals surface area contributed by atoms with Crippen molar-refractivity contribution in [3.8, 4) is 12.1 Å². The summed E-state index contributed by atoms with van der Waals surface area (Å²) in [6.45, 7) is 0. The number of rotatable bonds is 2. The van der Waals surface area contributed by atoms with Gasteiger partial charge >= 0.3 is 0 Å². The highest BCUT2D eigenvalue weighted by molar-refractivity contribution is 6.32. The third kappa shape index (κ3) is 2.26. The highest BCUT2D eigenvalue weighted by Crippen LogP contribution is 2.23. The van der Waals surface area contributed by atoms with Crippen molar-refractivity contribution in [2.45, 2.75) is 0 Å². The monoisotopic (exact) mass is 218 g/mol. The van der Waals surface area contributed by atoms with E-state index in [1.807, 2.05) is 0 Å². The number of nitriles is 2. The molecule has 0 aliphatic heterocycles. The average molecular weight is 219 g/mol. The molecule has 15 heavy (non-hydrogen) atoms. The van der Waals surface area contributed by atoms with Crippen molar-refractivity contribution in [2.75, 3.05) is 0 Å². The quantitative estimate of drug-likeness (QED) is 0.448. The molecule has 1 aromatic carbocycles. The van der Waals surface area contributed by atoms with E-state index in [-0.39, 0.29) is 11.3 Å². The molecule has 0 unspecified atom stereocenters. The number of halogens is 1. The first kappa shape index (κ1) is 11.1.